The van der Waals surface area contributed by atoms with E-state index in [4.69, 9.17) is 0 Å². The molecule has 0 saturated heterocycles. The van der Waals surface area contributed by atoms with Gasteiger partial charge < -0.3 is 0 Å². The van der Waals surface area contributed by atoms with Crippen LogP contribution in [0.1, 0.15) is 17.0 Å². The van der Waals surface area contributed by atoms with Gasteiger partial charge >= 0.3 is 0 Å². The van der Waals surface area contributed by atoms with Crippen molar-refractivity contribution in [3.05, 3.63) is 53.6 Å². The number of pyridine rings is 2. The molecule has 0 spiro atoms. The molecule has 5 nitrogen and oxygen atoms in total. The smallest absolute Gasteiger partial charge is 0.187 e. The van der Waals surface area contributed by atoms with Gasteiger partial charge in [-0.2, -0.15) is 0 Å². The maximum absolute atomic E-state index is 4.67. The van der Waals surface area contributed by atoms with E-state index in [-0.39, 0.29) is 0 Å². The van der Waals surface area contributed by atoms with Crippen molar-refractivity contribution >= 4 is 22.8 Å². The third-order valence-corrected chi connectivity index (χ3v) is 4.64. The van der Waals surface area contributed by atoms with Crippen LogP contribution < -0.4 is 0 Å². The van der Waals surface area contributed by atoms with Crippen molar-refractivity contribution in [3.8, 4) is 0 Å². The first-order chi connectivity index (χ1) is 11.3. The van der Waals surface area contributed by atoms with E-state index in [0.29, 0.717) is 0 Å². The van der Waals surface area contributed by atoms with Gasteiger partial charge in [-0.3, -0.25) is 4.90 Å². The minimum Gasteiger partial charge on any atom is -0.293 e. The second kappa shape index (κ2) is 6.22. The number of hydrogen-bond donors (Lipinski definition) is 0. The largest absolute Gasteiger partial charge is 0.293 e. The van der Waals surface area contributed by atoms with E-state index in [1.165, 1.54) is 11.3 Å². The Balaban J connectivity index is 1.52. The number of thioether (sulfide) groups is 1. The summed E-state index contributed by atoms with van der Waals surface area (Å²) in [5.74, 6) is 0. The first kappa shape index (κ1) is 14.5. The van der Waals surface area contributed by atoms with Gasteiger partial charge in [-0.15, -0.1) is 0 Å². The fourth-order valence-electron chi connectivity index (χ4n) is 2.90. The zero-order valence-corrected chi connectivity index (χ0v) is 13.8. The molecule has 4 heterocycles. The summed E-state index contributed by atoms with van der Waals surface area (Å²) in [4.78, 5) is 20.4. The van der Waals surface area contributed by atoms with Gasteiger partial charge in [0.2, 0.25) is 0 Å². The lowest BCUT2D eigenvalue weighted by atomic mass is 10.1. The van der Waals surface area contributed by atoms with E-state index in [1.54, 1.807) is 18.0 Å². The Morgan fingerprint density at radius 1 is 1.17 bits per heavy atom. The molecule has 0 aliphatic carbocycles. The quantitative estimate of drug-likeness (QED) is 0.546. The number of hydrogen-bond acceptors (Lipinski definition) is 6. The van der Waals surface area contributed by atoms with Crippen LogP contribution in [0.15, 0.2) is 41.8 Å². The van der Waals surface area contributed by atoms with Crippen molar-refractivity contribution in [1.29, 1.82) is 0 Å². The molecule has 3 aromatic heterocycles. The topological polar surface area (TPSA) is 54.8 Å². The van der Waals surface area contributed by atoms with Crippen LogP contribution in [0.2, 0.25) is 0 Å². The summed E-state index contributed by atoms with van der Waals surface area (Å²) in [5, 5.41) is 1.94. The molecule has 0 unspecified atom stereocenters. The number of fused-ring (bicyclic) bond motifs is 2. The van der Waals surface area contributed by atoms with E-state index in [9.17, 15) is 0 Å². The van der Waals surface area contributed by atoms with Gasteiger partial charge in [0.05, 0.1) is 11.4 Å². The molecule has 4 rings (SSSR count). The van der Waals surface area contributed by atoms with Gasteiger partial charge in [0.1, 0.15) is 0 Å². The van der Waals surface area contributed by atoms with Gasteiger partial charge in [0.25, 0.3) is 0 Å². The van der Waals surface area contributed by atoms with Crippen LogP contribution in [0.5, 0.6) is 0 Å². The summed E-state index contributed by atoms with van der Waals surface area (Å²) in [6, 6.07) is 8.16. The highest BCUT2D eigenvalue weighted by molar-refractivity contribution is 7.98. The Hall–Kier alpha value is -2.05. The van der Waals surface area contributed by atoms with Crippen LogP contribution in [-0.4, -0.2) is 37.6 Å². The van der Waals surface area contributed by atoms with Crippen LogP contribution in [-0.2, 0) is 19.5 Å². The van der Waals surface area contributed by atoms with Gasteiger partial charge in [-0.25, -0.2) is 19.9 Å². The highest BCUT2D eigenvalue weighted by Crippen LogP contribution is 2.20. The number of nitrogens with zero attached hydrogens (tertiary/aromatic N) is 5. The van der Waals surface area contributed by atoms with Crippen molar-refractivity contribution < 1.29 is 0 Å². The predicted octanol–water partition coefficient (Wildman–Crippen LogP) is 2.70. The molecule has 0 bridgehead atoms. The molecule has 0 aromatic carbocycles. The van der Waals surface area contributed by atoms with Crippen molar-refractivity contribution in [2.45, 2.75) is 24.7 Å². The molecule has 0 saturated carbocycles. The number of aromatic nitrogens is 4. The summed E-state index contributed by atoms with van der Waals surface area (Å²) < 4.78 is 0. The zero-order chi connectivity index (χ0) is 15.6. The molecule has 0 fully saturated rings. The van der Waals surface area contributed by atoms with E-state index in [0.717, 1.165) is 47.9 Å². The van der Waals surface area contributed by atoms with Gasteiger partial charge in [-0.05, 0) is 30.5 Å². The monoisotopic (exact) mass is 323 g/mol. The average molecular weight is 323 g/mol. The van der Waals surface area contributed by atoms with Gasteiger partial charge in [-0.1, -0.05) is 11.8 Å². The van der Waals surface area contributed by atoms with Gasteiger partial charge in [0, 0.05) is 49.4 Å². The summed E-state index contributed by atoms with van der Waals surface area (Å²) >= 11 is 1.59. The zero-order valence-electron chi connectivity index (χ0n) is 12.9. The average Bonchev–Trinajstić information content (AvgIpc) is 2.61. The van der Waals surface area contributed by atoms with Crippen LogP contribution in [0, 0.1) is 0 Å². The fraction of sp³-hybridized carbons (Fsp3) is 0.294. The molecule has 0 atom stereocenters. The van der Waals surface area contributed by atoms with Crippen molar-refractivity contribution in [1.82, 2.24) is 24.8 Å². The maximum atomic E-state index is 4.67. The lowest BCUT2D eigenvalue weighted by Crippen LogP contribution is -2.31. The minimum absolute atomic E-state index is 0.815. The predicted molar refractivity (Wildman–Crippen MR) is 91.2 cm³/mol. The van der Waals surface area contributed by atoms with E-state index in [2.05, 4.69) is 37.0 Å². The molecule has 0 amide bonds. The fourth-order valence-corrected chi connectivity index (χ4v) is 3.26. The first-order valence-electron chi connectivity index (χ1n) is 7.63. The Morgan fingerprint density at radius 3 is 3.04 bits per heavy atom. The highest BCUT2D eigenvalue weighted by atomic mass is 32.2. The maximum Gasteiger partial charge on any atom is 0.187 e. The molecule has 23 heavy (non-hydrogen) atoms. The first-order valence-corrected chi connectivity index (χ1v) is 8.86. The second-order valence-corrected chi connectivity index (χ2v) is 6.42. The van der Waals surface area contributed by atoms with Crippen LogP contribution in [0.3, 0.4) is 0 Å². The molecule has 1 aliphatic rings. The van der Waals surface area contributed by atoms with Crippen molar-refractivity contribution in [2.24, 2.45) is 0 Å². The summed E-state index contributed by atoms with van der Waals surface area (Å²) in [6.45, 7) is 2.71. The SMILES string of the molecule is CSc1ncc2c(n1)CCN(Cc1ccc3cccnc3n1)C2. The Kier molecular flexibility index (Phi) is 3.93. The molecule has 6 heteroatoms. The molecule has 1 aliphatic heterocycles. The molecule has 0 radical (unpaired) electrons. The van der Waals surface area contributed by atoms with Crippen LogP contribution >= 0.6 is 11.8 Å². The molecule has 3 aromatic rings. The van der Waals surface area contributed by atoms with Crippen LogP contribution in [0.4, 0.5) is 0 Å². The van der Waals surface area contributed by atoms with E-state index in [1.807, 2.05) is 24.6 Å². The third-order valence-electron chi connectivity index (χ3n) is 4.08. The molecule has 116 valence electrons. The van der Waals surface area contributed by atoms with E-state index < -0.39 is 0 Å². The summed E-state index contributed by atoms with van der Waals surface area (Å²) in [6.07, 6.45) is 6.74. The minimum atomic E-state index is 0.815. The lowest BCUT2D eigenvalue weighted by molar-refractivity contribution is 0.239. The standard InChI is InChI=1S/C17H17N5S/c1-23-17-19-9-13-10-22(8-6-15(13)21-17)11-14-5-4-12-3-2-7-18-16(12)20-14/h2-5,7,9H,6,8,10-11H2,1H3. The van der Waals surface area contributed by atoms with E-state index >= 15 is 0 Å². The molecule has 0 N–H and O–H groups in total. The Bertz CT molecular complexity index is 851. The Labute approximate surface area is 139 Å². The third kappa shape index (κ3) is 3.04. The lowest BCUT2D eigenvalue weighted by Gasteiger charge is -2.27. The second-order valence-electron chi connectivity index (χ2n) is 5.64. The Morgan fingerprint density at radius 2 is 2.13 bits per heavy atom. The molecular formula is C17H17N5S. The van der Waals surface area contributed by atoms with Crippen LogP contribution in [0.25, 0.3) is 11.0 Å². The summed E-state index contributed by atoms with van der Waals surface area (Å²) in [7, 11) is 0. The normalized spacial score (nSPS) is 14.8. The van der Waals surface area contributed by atoms with Crippen molar-refractivity contribution in [3.63, 3.8) is 0 Å². The van der Waals surface area contributed by atoms with Gasteiger partial charge in [0.15, 0.2) is 10.8 Å². The molecular weight excluding hydrogens is 306 g/mol. The summed E-state index contributed by atoms with van der Waals surface area (Å²) in [5.41, 5.74) is 4.29. The van der Waals surface area contributed by atoms with Crippen molar-refractivity contribution in [2.75, 3.05) is 12.8 Å². The highest BCUT2D eigenvalue weighted by Gasteiger charge is 2.19. The number of rotatable bonds is 3.